The van der Waals surface area contributed by atoms with Crippen molar-refractivity contribution in [2.24, 2.45) is 15.5 Å². The van der Waals surface area contributed by atoms with E-state index in [1.165, 1.54) is 5.56 Å². The molecule has 4 rings (SSSR count). The fourth-order valence-corrected chi connectivity index (χ4v) is 5.17. The zero-order chi connectivity index (χ0) is 24.5. The molecule has 0 spiro atoms. The van der Waals surface area contributed by atoms with Crippen molar-refractivity contribution in [3.05, 3.63) is 29.3 Å². The van der Waals surface area contributed by atoms with E-state index in [-0.39, 0.29) is 17.4 Å². The van der Waals surface area contributed by atoms with Crippen LogP contribution in [0, 0.1) is 5.41 Å². The second-order valence-corrected chi connectivity index (χ2v) is 10.4. The average Bonchev–Trinajstić information content (AvgIpc) is 3.14. The SMILES string of the molecule is CCCC(C)(C)C1=NC(C)C2C(=O)NC(c3cc(CN4CCN(C)CC4)ccc3OCC)=NN12. The number of hydrogen-bond donors (Lipinski definition) is 1. The minimum Gasteiger partial charge on any atom is -0.493 e. The van der Waals surface area contributed by atoms with Crippen molar-refractivity contribution in [1.29, 1.82) is 0 Å². The van der Waals surface area contributed by atoms with Crippen LogP contribution in [0.2, 0.25) is 0 Å². The fraction of sp³-hybridized carbons (Fsp3) is 0.654. The maximum absolute atomic E-state index is 13.2. The van der Waals surface area contributed by atoms with Gasteiger partial charge in [-0.3, -0.25) is 14.7 Å². The lowest BCUT2D eigenvalue weighted by Crippen LogP contribution is -2.56. The molecule has 8 nitrogen and oxygen atoms in total. The van der Waals surface area contributed by atoms with Crippen LogP contribution in [-0.4, -0.2) is 84.3 Å². The van der Waals surface area contributed by atoms with Crippen LogP contribution in [0.15, 0.2) is 28.3 Å². The molecular weight excluding hydrogens is 428 g/mol. The number of hydrogen-bond acceptors (Lipinski definition) is 7. The molecule has 3 heterocycles. The van der Waals surface area contributed by atoms with E-state index in [4.69, 9.17) is 14.8 Å². The summed E-state index contributed by atoms with van der Waals surface area (Å²) in [7, 11) is 2.17. The maximum Gasteiger partial charge on any atom is 0.252 e. The highest BCUT2D eigenvalue weighted by atomic mass is 16.5. The third-order valence-corrected chi connectivity index (χ3v) is 7.06. The third kappa shape index (κ3) is 4.98. The Morgan fingerprint density at radius 3 is 2.59 bits per heavy atom. The lowest BCUT2D eigenvalue weighted by atomic mass is 9.86. The van der Waals surface area contributed by atoms with Gasteiger partial charge < -0.3 is 15.0 Å². The molecule has 1 amide bonds. The second-order valence-electron chi connectivity index (χ2n) is 10.4. The predicted octanol–water partition coefficient (Wildman–Crippen LogP) is 2.92. The van der Waals surface area contributed by atoms with Crippen LogP contribution in [-0.2, 0) is 11.3 Å². The first-order chi connectivity index (χ1) is 16.2. The van der Waals surface area contributed by atoms with E-state index in [2.05, 4.69) is 55.1 Å². The van der Waals surface area contributed by atoms with E-state index in [0.717, 1.165) is 62.7 Å². The molecule has 2 atom stereocenters. The van der Waals surface area contributed by atoms with Gasteiger partial charge in [-0.05, 0) is 45.0 Å². The summed E-state index contributed by atoms with van der Waals surface area (Å²) in [6, 6.07) is 5.71. The molecule has 1 fully saturated rings. The number of carbonyl (C=O) groups excluding carboxylic acids is 1. The van der Waals surface area contributed by atoms with Gasteiger partial charge in [0.15, 0.2) is 11.9 Å². The Kier molecular flexibility index (Phi) is 7.28. The van der Waals surface area contributed by atoms with Crippen LogP contribution in [0.5, 0.6) is 5.75 Å². The molecule has 34 heavy (non-hydrogen) atoms. The van der Waals surface area contributed by atoms with Crippen molar-refractivity contribution in [3.63, 3.8) is 0 Å². The molecular formula is C26H40N6O2. The molecule has 186 valence electrons. The molecule has 3 aliphatic heterocycles. The van der Waals surface area contributed by atoms with Gasteiger partial charge in [-0.25, -0.2) is 5.01 Å². The van der Waals surface area contributed by atoms with Crippen molar-refractivity contribution >= 4 is 17.6 Å². The Morgan fingerprint density at radius 2 is 1.91 bits per heavy atom. The van der Waals surface area contributed by atoms with E-state index < -0.39 is 6.04 Å². The van der Waals surface area contributed by atoms with E-state index in [0.29, 0.717) is 12.4 Å². The van der Waals surface area contributed by atoms with Gasteiger partial charge in [0, 0.05) is 38.1 Å². The van der Waals surface area contributed by atoms with E-state index >= 15 is 0 Å². The molecule has 0 radical (unpaired) electrons. The quantitative estimate of drug-likeness (QED) is 0.635. The summed E-state index contributed by atoms with van der Waals surface area (Å²) in [6.07, 6.45) is 2.03. The fourth-order valence-electron chi connectivity index (χ4n) is 5.17. The van der Waals surface area contributed by atoms with E-state index in [1.54, 1.807) is 0 Å². The van der Waals surface area contributed by atoms with Gasteiger partial charge in [0.2, 0.25) is 0 Å². The van der Waals surface area contributed by atoms with E-state index in [1.807, 2.05) is 24.9 Å². The van der Waals surface area contributed by atoms with Gasteiger partial charge in [0.1, 0.15) is 11.6 Å². The summed E-state index contributed by atoms with van der Waals surface area (Å²) in [4.78, 5) is 23.0. The first-order valence-electron chi connectivity index (χ1n) is 12.7. The minimum absolute atomic E-state index is 0.0598. The Hall–Kier alpha value is -2.45. The Balaban J connectivity index is 1.67. The number of aliphatic imine (C=N–C) groups is 1. The Labute approximate surface area is 204 Å². The van der Waals surface area contributed by atoms with Gasteiger partial charge in [0.05, 0.1) is 18.2 Å². The number of nitrogens with one attached hydrogen (secondary N) is 1. The van der Waals surface area contributed by atoms with Crippen LogP contribution in [0.4, 0.5) is 0 Å². The molecule has 2 unspecified atom stereocenters. The van der Waals surface area contributed by atoms with Gasteiger partial charge in [-0.15, -0.1) is 0 Å². The van der Waals surface area contributed by atoms with E-state index in [9.17, 15) is 4.79 Å². The normalized spacial score (nSPS) is 23.9. The van der Waals surface area contributed by atoms with Crippen molar-refractivity contribution in [3.8, 4) is 5.75 Å². The highest BCUT2D eigenvalue weighted by molar-refractivity contribution is 6.14. The average molecular weight is 469 g/mol. The number of amides is 1. The highest BCUT2D eigenvalue weighted by Gasteiger charge is 2.47. The van der Waals surface area contributed by atoms with Crippen molar-refractivity contribution in [1.82, 2.24) is 20.1 Å². The van der Waals surface area contributed by atoms with Crippen molar-refractivity contribution in [2.75, 3.05) is 39.8 Å². The molecule has 1 saturated heterocycles. The van der Waals surface area contributed by atoms with Crippen LogP contribution in [0.25, 0.3) is 0 Å². The maximum atomic E-state index is 13.2. The van der Waals surface area contributed by atoms with Crippen LogP contribution >= 0.6 is 0 Å². The molecule has 0 bridgehead atoms. The van der Waals surface area contributed by atoms with Crippen LogP contribution in [0.1, 0.15) is 58.6 Å². The zero-order valence-corrected chi connectivity index (χ0v) is 21.6. The number of carbonyl (C=O) groups is 1. The number of ether oxygens (including phenoxy) is 1. The zero-order valence-electron chi connectivity index (χ0n) is 21.6. The van der Waals surface area contributed by atoms with Gasteiger partial charge in [0.25, 0.3) is 5.91 Å². The standard InChI is InChI=1S/C26H40N6O2/c1-7-11-26(4,5)25-27-18(3)22-24(33)28-23(29-32(22)25)20-16-19(9-10-21(20)34-8-2)17-31-14-12-30(6)13-15-31/h9-10,16,18,22H,7-8,11-15,17H2,1-6H3,(H,28,29,33). The smallest absolute Gasteiger partial charge is 0.252 e. The largest absolute Gasteiger partial charge is 0.493 e. The highest BCUT2D eigenvalue weighted by Crippen LogP contribution is 2.35. The second kappa shape index (κ2) is 10.0. The molecule has 8 heteroatoms. The van der Waals surface area contributed by atoms with Crippen LogP contribution in [0.3, 0.4) is 0 Å². The number of hydrazone groups is 1. The topological polar surface area (TPSA) is 72.8 Å². The molecule has 3 aliphatic rings. The lowest BCUT2D eigenvalue weighted by molar-refractivity contribution is -0.124. The summed E-state index contributed by atoms with van der Waals surface area (Å²) in [5, 5.41) is 9.91. The number of likely N-dealkylation sites (N-methyl/N-ethyl adjacent to an activating group) is 1. The minimum atomic E-state index is -0.404. The lowest BCUT2D eigenvalue weighted by Gasteiger charge is -2.35. The number of piperazine rings is 1. The number of amidine groups is 2. The number of fused-ring (bicyclic) bond motifs is 1. The molecule has 1 aromatic rings. The number of benzene rings is 1. The summed E-state index contributed by atoms with van der Waals surface area (Å²) in [5.41, 5.74) is 1.86. The first kappa shape index (κ1) is 24.7. The summed E-state index contributed by atoms with van der Waals surface area (Å²) in [5.74, 6) is 2.11. The first-order valence-corrected chi connectivity index (χ1v) is 12.7. The number of rotatable bonds is 8. The monoisotopic (exact) mass is 468 g/mol. The number of nitrogens with zero attached hydrogens (tertiary/aromatic N) is 5. The van der Waals surface area contributed by atoms with Crippen LogP contribution < -0.4 is 10.1 Å². The Bertz CT molecular complexity index is 964. The van der Waals surface area contributed by atoms with Gasteiger partial charge >= 0.3 is 0 Å². The molecule has 0 aliphatic carbocycles. The molecule has 0 saturated carbocycles. The van der Waals surface area contributed by atoms with Crippen molar-refractivity contribution < 1.29 is 9.53 Å². The molecule has 1 N–H and O–H groups in total. The molecule has 1 aromatic carbocycles. The Morgan fingerprint density at radius 1 is 1.18 bits per heavy atom. The van der Waals surface area contributed by atoms with Gasteiger partial charge in [-0.1, -0.05) is 33.3 Å². The third-order valence-electron chi connectivity index (χ3n) is 7.06. The van der Waals surface area contributed by atoms with Gasteiger partial charge in [-0.2, -0.15) is 5.10 Å². The summed E-state index contributed by atoms with van der Waals surface area (Å²) in [6.45, 7) is 16.2. The molecule has 0 aromatic heterocycles. The summed E-state index contributed by atoms with van der Waals surface area (Å²) >= 11 is 0. The predicted molar refractivity (Wildman–Crippen MR) is 136 cm³/mol. The van der Waals surface area contributed by atoms with Crippen molar-refractivity contribution in [2.45, 2.75) is 66.1 Å². The summed E-state index contributed by atoms with van der Waals surface area (Å²) < 4.78 is 5.95.